The van der Waals surface area contributed by atoms with Crippen molar-refractivity contribution in [2.24, 2.45) is 5.10 Å². The van der Waals surface area contributed by atoms with E-state index >= 15 is 0 Å². The van der Waals surface area contributed by atoms with Crippen LogP contribution >= 0.6 is 23.2 Å². The minimum atomic E-state index is -0.445. The predicted octanol–water partition coefficient (Wildman–Crippen LogP) is 3.76. The van der Waals surface area contributed by atoms with Crippen LogP contribution in [0.25, 0.3) is 5.69 Å². The lowest BCUT2D eigenvalue weighted by molar-refractivity contribution is -0.120. The van der Waals surface area contributed by atoms with E-state index in [1.807, 2.05) is 36.6 Å². The van der Waals surface area contributed by atoms with E-state index in [-0.39, 0.29) is 6.42 Å². The summed E-state index contributed by atoms with van der Waals surface area (Å²) >= 11 is 12.1. The Morgan fingerprint density at radius 1 is 1.30 bits per heavy atom. The third-order valence-corrected chi connectivity index (χ3v) is 3.64. The van der Waals surface area contributed by atoms with Crippen LogP contribution in [0.3, 0.4) is 0 Å². The molecular formula is C16H14Cl2N4O. The molecule has 0 saturated carbocycles. The Labute approximate surface area is 144 Å². The van der Waals surface area contributed by atoms with E-state index < -0.39 is 5.91 Å². The lowest BCUT2D eigenvalue weighted by Gasteiger charge is -2.10. The molecule has 0 spiro atoms. The Morgan fingerprint density at radius 3 is 2.57 bits per heavy atom. The number of nitrogens with one attached hydrogen (secondary N) is 1. The molecule has 1 heterocycles. The number of halogens is 2. The molecule has 2 rings (SSSR count). The van der Waals surface area contributed by atoms with Gasteiger partial charge in [0.25, 0.3) is 5.91 Å². The van der Waals surface area contributed by atoms with Crippen molar-refractivity contribution in [1.82, 2.24) is 9.99 Å². The van der Waals surface area contributed by atoms with Crippen LogP contribution in [0.2, 0.25) is 10.0 Å². The number of rotatable bonds is 4. The Hall–Kier alpha value is -2.29. The summed E-state index contributed by atoms with van der Waals surface area (Å²) < 4.78 is 2.00. The van der Waals surface area contributed by atoms with Crippen LogP contribution < -0.4 is 5.43 Å². The molecule has 1 amide bonds. The highest BCUT2D eigenvalue weighted by atomic mass is 35.5. The summed E-state index contributed by atoms with van der Waals surface area (Å²) in [5, 5.41) is 13.4. The number of benzene rings is 1. The maximum Gasteiger partial charge on any atom is 0.254 e. The average molecular weight is 349 g/mol. The van der Waals surface area contributed by atoms with Gasteiger partial charge in [0.05, 0.1) is 12.3 Å². The fraction of sp³-hybridized carbons (Fsp3) is 0.188. The van der Waals surface area contributed by atoms with Gasteiger partial charge in [-0.25, -0.2) is 5.43 Å². The van der Waals surface area contributed by atoms with Crippen LogP contribution in [0.5, 0.6) is 0 Å². The van der Waals surface area contributed by atoms with Gasteiger partial charge < -0.3 is 4.57 Å². The minimum absolute atomic E-state index is 0.225. The maximum atomic E-state index is 11.2. The molecule has 1 aromatic carbocycles. The predicted molar refractivity (Wildman–Crippen MR) is 91.2 cm³/mol. The van der Waals surface area contributed by atoms with Gasteiger partial charge in [0.15, 0.2) is 0 Å². The second-order valence-corrected chi connectivity index (χ2v) is 5.79. The first-order chi connectivity index (χ1) is 10.9. The standard InChI is InChI=1S/C16H14Cl2N4O/c1-10-5-12(9-20-21-16(23)3-4-19)11(2)22(10)15-7-13(17)6-14(18)8-15/h5-9H,3H2,1-2H3,(H,21,23)/b20-9-. The number of carbonyl (C=O) groups excluding carboxylic acids is 1. The van der Waals surface area contributed by atoms with Gasteiger partial charge in [-0.15, -0.1) is 0 Å². The lowest BCUT2D eigenvalue weighted by Crippen LogP contribution is -2.16. The summed E-state index contributed by atoms with van der Waals surface area (Å²) in [6.07, 6.45) is 1.32. The van der Waals surface area contributed by atoms with E-state index in [1.165, 1.54) is 0 Å². The first-order valence-electron chi connectivity index (χ1n) is 6.76. The molecule has 0 radical (unpaired) electrons. The Morgan fingerprint density at radius 2 is 1.96 bits per heavy atom. The number of nitrogens with zero attached hydrogens (tertiary/aromatic N) is 3. The highest BCUT2D eigenvalue weighted by Crippen LogP contribution is 2.25. The SMILES string of the molecule is Cc1cc(/C=N\NC(=O)CC#N)c(C)n1-c1cc(Cl)cc(Cl)c1. The first kappa shape index (κ1) is 17.1. The molecule has 1 N–H and O–H groups in total. The zero-order chi connectivity index (χ0) is 17.0. The van der Waals surface area contributed by atoms with Gasteiger partial charge in [0, 0.05) is 32.7 Å². The number of aryl methyl sites for hydroxylation is 1. The van der Waals surface area contributed by atoms with Crippen molar-refractivity contribution >= 4 is 35.3 Å². The number of aromatic nitrogens is 1. The van der Waals surface area contributed by atoms with Crippen molar-refractivity contribution in [1.29, 1.82) is 5.26 Å². The third kappa shape index (κ3) is 4.13. The number of hydrazone groups is 1. The monoisotopic (exact) mass is 348 g/mol. The second kappa shape index (κ2) is 7.32. The number of amides is 1. The van der Waals surface area contributed by atoms with Gasteiger partial charge in [-0.05, 0) is 38.1 Å². The molecule has 118 valence electrons. The van der Waals surface area contributed by atoms with E-state index in [2.05, 4.69) is 10.5 Å². The van der Waals surface area contributed by atoms with E-state index in [0.29, 0.717) is 10.0 Å². The first-order valence-corrected chi connectivity index (χ1v) is 7.52. The van der Waals surface area contributed by atoms with Crippen molar-refractivity contribution in [2.75, 3.05) is 0 Å². The zero-order valence-corrected chi connectivity index (χ0v) is 14.1. The van der Waals surface area contributed by atoms with Gasteiger partial charge >= 0.3 is 0 Å². The van der Waals surface area contributed by atoms with E-state index in [9.17, 15) is 4.79 Å². The molecule has 0 fully saturated rings. The molecule has 0 bridgehead atoms. The van der Waals surface area contributed by atoms with Crippen LogP contribution in [0.15, 0.2) is 29.4 Å². The molecule has 23 heavy (non-hydrogen) atoms. The van der Waals surface area contributed by atoms with Crippen LogP contribution in [-0.2, 0) is 4.79 Å². The zero-order valence-electron chi connectivity index (χ0n) is 12.6. The van der Waals surface area contributed by atoms with Crippen LogP contribution in [0, 0.1) is 25.2 Å². The topological polar surface area (TPSA) is 70.2 Å². The summed E-state index contributed by atoms with van der Waals surface area (Å²) in [7, 11) is 0. The van der Waals surface area contributed by atoms with E-state index in [4.69, 9.17) is 28.5 Å². The Kier molecular flexibility index (Phi) is 5.43. The van der Waals surface area contributed by atoms with E-state index in [1.54, 1.807) is 18.4 Å². The largest absolute Gasteiger partial charge is 0.318 e. The van der Waals surface area contributed by atoms with Crippen LogP contribution in [-0.4, -0.2) is 16.7 Å². The van der Waals surface area contributed by atoms with Crippen LogP contribution in [0.1, 0.15) is 23.4 Å². The highest BCUT2D eigenvalue weighted by molar-refractivity contribution is 6.34. The quantitative estimate of drug-likeness (QED) is 0.674. The molecule has 2 aromatic rings. The summed E-state index contributed by atoms with van der Waals surface area (Å²) in [5.41, 5.74) is 5.91. The lowest BCUT2D eigenvalue weighted by atomic mass is 10.2. The molecule has 0 unspecified atom stereocenters. The summed E-state index contributed by atoms with van der Waals surface area (Å²) in [6, 6.07) is 9.01. The van der Waals surface area contributed by atoms with Gasteiger partial charge in [-0.2, -0.15) is 10.4 Å². The molecule has 0 atom stereocenters. The minimum Gasteiger partial charge on any atom is -0.318 e. The van der Waals surface area contributed by atoms with Crippen molar-refractivity contribution in [3.63, 3.8) is 0 Å². The normalized spacial score (nSPS) is 10.7. The Balaban J connectivity index is 2.31. The fourth-order valence-electron chi connectivity index (χ4n) is 2.27. The van der Waals surface area contributed by atoms with Crippen molar-refractivity contribution in [3.8, 4) is 11.8 Å². The molecule has 5 nitrogen and oxygen atoms in total. The summed E-state index contributed by atoms with van der Waals surface area (Å²) in [6.45, 7) is 3.88. The highest BCUT2D eigenvalue weighted by Gasteiger charge is 2.10. The second-order valence-electron chi connectivity index (χ2n) is 4.92. The van der Waals surface area contributed by atoms with Gasteiger partial charge in [-0.1, -0.05) is 23.2 Å². The molecular weight excluding hydrogens is 335 g/mol. The molecule has 1 aromatic heterocycles. The van der Waals surface area contributed by atoms with Crippen LogP contribution in [0.4, 0.5) is 0 Å². The molecule has 0 aliphatic carbocycles. The molecule has 7 heteroatoms. The number of hydrogen-bond acceptors (Lipinski definition) is 3. The third-order valence-electron chi connectivity index (χ3n) is 3.21. The van der Waals surface area contributed by atoms with Crippen molar-refractivity contribution < 1.29 is 4.79 Å². The molecule has 0 aliphatic heterocycles. The fourth-order valence-corrected chi connectivity index (χ4v) is 2.78. The maximum absolute atomic E-state index is 11.2. The Bertz CT molecular complexity index is 798. The van der Waals surface area contributed by atoms with Crippen molar-refractivity contribution in [3.05, 3.63) is 51.3 Å². The van der Waals surface area contributed by atoms with Gasteiger partial charge in [-0.3, -0.25) is 4.79 Å². The summed E-state index contributed by atoms with van der Waals surface area (Å²) in [5.74, 6) is -0.445. The average Bonchev–Trinajstić information content (AvgIpc) is 2.72. The van der Waals surface area contributed by atoms with Crippen molar-refractivity contribution in [2.45, 2.75) is 20.3 Å². The van der Waals surface area contributed by atoms with E-state index in [0.717, 1.165) is 22.6 Å². The number of hydrogen-bond donors (Lipinski definition) is 1. The number of nitriles is 1. The molecule has 0 aliphatic rings. The van der Waals surface area contributed by atoms with Gasteiger partial charge in [0.1, 0.15) is 6.42 Å². The van der Waals surface area contributed by atoms with Gasteiger partial charge in [0.2, 0.25) is 0 Å². The summed E-state index contributed by atoms with van der Waals surface area (Å²) in [4.78, 5) is 11.2. The smallest absolute Gasteiger partial charge is 0.254 e. The molecule has 0 saturated heterocycles. The number of carbonyl (C=O) groups is 1.